The van der Waals surface area contributed by atoms with Crippen LogP contribution in [0, 0.1) is 0 Å². The molecule has 1 aliphatic heterocycles. The summed E-state index contributed by atoms with van der Waals surface area (Å²) in [5.41, 5.74) is 0.454. The number of phenols is 1. The van der Waals surface area contributed by atoms with Crippen LogP contribution in [0.25, 0.3) is 0 Å². The normalized spacial score (nSPS) is 16.9. The maximum Gasteiger partial charge on any atom is 0.254 e. The fraction of sp³-hybridized carbons (Fsp3) is 0.429. The number of amides is 2. The highest BCUT2D eigenvalue weighted by atomic mass is 35.5. The lowest BCUT2D eigenvalue weighted by Crippen LogP contribution is -2.52. The van der Waals surface area contributed by atoms with Crippen molar-refractivity contribution in [2.75, 3.05) is 26.2 Å². The smallest absolute Gasteiger partial charge is 0.254 e. The average Bonchev–Trinajstić information content (AvgIpc) is 2.46. The third-order valence-electron chi connectivity index (χ3n) is 3.31. The number of benzene rings is 1. The van der Waals surface area contributed by atoms with Crippen LogP contribution in [0.4, 0.5) is 0 Å². The molecule has 0 aromatic heterocycles. The lowest BCUT2D eigenvalue weighted by Gasteiger charge is -2.35. The number of carbonyl (C=O) groups is 2. The van der Waals surface area contributed by atoms with Crippen molar-refractivity contribution in [3.8, 4) is 5.75 Å². The molecule has 2 rings (SSSR count). The van der Waals surface area contributed by atoms with Crippen LogP contribution in [0.5, 0.6) is 5.75 Å². The minimum absolute atomic E-state index is 0.0700. The summed E-state index contributed by atoms with van der Waals surface area (Å²) in [5, 5.41) is 8.86. The Labute approximate surface area is 122 Å². The van der Waals surface area contributed by atoms with Gasteiger partial charge < -0.3 is 14.9 Å². The lowest BCUT2D eigenvalue weighted by molar-refractivity contribution is -0.131. The number of rotatable bonds is 2. The van der Waals surface area contributed by atoms with E-state index in [0.29, 0.717) is 31.7 Å². The summed E-state index contributed by atoms with van der Waals surface area (Å²) in [6, 6.07) is 6.27. The van der Waals surface area contributed by atoms with E-state index in [9.17, 15) is 14.7 Å². The molecular weight excluding hydrogens is 280 g/mol. The lowest BCUT2D eigenvalue weighted by atomic mass is 10.1. The maximum atomic E-state index is 12.2. The highest BCUT2D eigenvalue weighted by molar-refractivity contribution is 6.30. The fourth-order valence-corrected chi connectivity index (χ4v) is 2.34. The van der Waals surface area contributed by atoms with E-state index in [1.165, 1.54) is 12.1 Å². The molecule has 6 heteroatoms. The Balaban J connectivity index is 1.97. The van der Waals surface area contributed by atoms with Gasteiger partial charge in [0, 0.05) is 31.7 Å². The van der Waals surface area contributed by atoms with Crippen molar-refractivity contribution in [2.24, 2.45) is 0 Å². The van der Waals surface area contributed by atoms with Gasteiger partial charge in [-0.15, -0.1) is 11.6 Å². The number of hydrogen-bond acceptors (Lipinski definition) is 3. The summed E-state index contributed by atoms with van der Waals surface area (Å²) in [6.45, 7) is 3.57. The summed E-state index contributed by atoms with van der Waals surface area (Å²) < 4.78 is 0. The molecule has 0 saturated carbocycles. The molecule has 1 N–H and O–H groups in total. The highest BCUT2D eigenvalue weighted by Crippen LogP contribution is 2.15. The topological polar surface area (TPSA) is 60.9 Å². The van der Waals surface area contributed by atoms with Gasteiger partial charge in [0.05, 0.1) is 0 Å². The van der Waals surface area contributed by atoms with Gasteiger partial charge in [0.1, 0.15) is 11.1 Å². The minimum Gasteiger partial charge on any atom is -0.508 e. The molecule has 1 heterocycles. The Hall–Kier alpha value is -1.75. The van der Waals surface area contributed by atoms with Crippen LogP contribution < -0.4 is 0 Å². The van der Waals surface area contributed by atoms with Crippen molar-refractivity contribution >= 4 is 23.4 Å². The van der Waals surface area contributed by atoms with Crippen LogP contribution in [-0.2, 0) is 4.79 Å². The van der Waals surface area contributed by atoms with Gasteiger partial charge in [0.2, 0.25) is 5.91 Å². The number of carbonyl (C=O) groups excluding carboxylic acids is 2. The molecule has 5 nitrogen and oxygen atoms in total. The Morgan fingerprint density at radius 2 is 1.80 bits per heavy atom. The zero-order valence-corrected chi connectivity index (χ0v) is 12.0. The van der Waals surface area contributed by atoms with E-state index >= 15 is 0 Å². The SMILES string of the molecule is CC(Cl)C(=O)N1CCN(C(=O)c2cccc(O)c2)CC1. The van der Waals surface area contributed by atoms with Gasteiger partial charge in [-0.2, -0.15) is 0 Å². The van der Waals surface area contributed by atoms with Crippen molar-refractivity contribution in [1.82, 2.24) is 9.80 Å². The Morgan fingerprint density at radius 3 is 2.35 bits per heavy atom. The first-order valence-corrected chi connectivity index (χ1v) is 6.94. The Bertz CT molecular complexity index is 511. The first kappa shape index (κ1) is 14.7. The van der Waals surface area contributed by atoms with Gasteiger partial charge in [0.25, 0.3) is 5.91 Å². The predicted molar refractivity (Wildman–Crippen MR) is 75.9 cm³/mol. The van der Waals surface area contributed by atoms with E-state index in [4.69, 9.17) is 11.6 Å². The molecule has 1 fully saturated rings. The molecular formula is C14H17ClN2O3. The number of phenolic OH excluding ortho intramolecular Hbond substituents is 1. The third kappa shape index (κ3) is 3.22. The highest BCUT2D eigenvalue weighted by Gasteiger charge is 2.26. The third-order valence-corrected chi connectivity index (χ3v) is 3.50. The van der Waals surface area contributed by atoms with Gasteiger partial charge in [-0.05, 0) is 25.1 Å². The van der Waals surface area contributed by atoms with E-state index in [1.54, 1.807) is 28.9 Å². The summed E-state index contributed by atoms with van der Waals surface area (Å²) >= 11 is 5.77. The molecule has 1 unspecified atom stereocenters. The average molecular weight is 297 g/mol. The monoisotopic (exact) mass is 296 g/mol. The molecule has 2 amide bonds. The molecule has 1 atom stereocenters. The first-order chi connectivity index (χ1) is 9.49. The van der Waals surface area contributed by atoms with Crippen LogP contribution in [0.2, 0.25) is 0 Å². The van der Waals surface area contributed by atoms with Gasteiger partial charge in [-0.1, -0.05) is 6.07 Å². The van der Waals surface area contributed by atoms with Crippen LogP contribution in [-0.4, -0.2) is 58.3 Å². The van der Waals surface area contributed by atoms with E-state index in [1.807, 2.05) is 0 Å². The van der Waals surface area contributed by atoms with E-state index in [2.05, 4.69) is 0 Å². The number of alkyl halides is 1. The van der Waals surface area contributed by atoms with E-state index in [-0.39, 0.29) is 17.6 Å². The summed E-state index contributed by atoms with van der Waals surface area (Å²) in [6.07, 6.45) is 0. The molecule has 0 spiro atoms. The Morgan fingerprint density at radius 1 is 1.20 bits per heavy atom. The van der Waals surface area contributed by atoms with E-state index < -0.39 is 5.38 Å². The molecule has 1 saturated heterocycles. The maximum absolute atomic E-state index is 12.2. The molecule has 1 aliphatic rings. The van der Waals surface area contributed by atoms with Crippen LogP contribution in [0.15, 0.2) is 24.3 Å². The standard InChI is InChI=1S/C14H17ClN2O3/c1-10(15)13(19)16-5-7-17(8-6-16)14(20)11-3-2-4-12(18)9-11/h2-4,9-10,18H,5-8H2,1H3. The molecule has 0 aliphatic carbocycles. The van der Waals surface area contributed by atoms with Crippen molar-refractivity contribution < 1.29 is 14.7 Å². The van der Waals surface area contributed by atoms with Crippen LogP contribution in [0.1, 0.15) is 17.3 Å². The predicted octanol–water partition coefficient (Wildman–Crippen LogP) is 1.30. The van der Waals surface area contributed by atoms with Gasteiger partial charge in [-0.25, -0.2) is 0 Å². The van der Waals surface area contributed by atoms with Crippen molar-refractivity contribution in [3.05, 3.63) is 29.8 Å². The van der Waals surface area contributed by atoms with Gasteiger partial charge in [0.15, 0.2) is 0 Å². The number of hydrogen-bond donors (Lipinski definition) is 1. The second kappa shape index (κ2) is 6.13. The quantitative estimate of drug-likeness (QED) is 0.837. The zero-order valence-electron chi connectivity index (χ0n) is 11.3. The number of aromatic hydroxyl groups is 1. The van der Waals surface area contributed by atoms with Crippen molar-refractivity contribution in [2.45, 2.75) is 12.3 Å². The van der Waals surface area contributed by atoms with Crippen LogP contribution >= 0.6 is 11.6 Å². The second-order valence-electron chi connectivity index (χ2n) is 4.78. The summed E-state index contributed by atoms with van der Waals surface area (Å²) in [4.78, 5) is 27.3. The van der Waals surface area contributed by atoms with Gasteiger partial charge in [-0.3, -0.25) is 9.59 Å². The van der Waals surface area contributed by atoms with Crippen molar-refractivity contribution in [1.29, 1.82) is 0 Å². The molecule has 1 aromatic carbocycles. The van der Waals surface area contributed by atoms with E-state index in [0.717, 1.165) is 0 Å². The summed E-state index contributed by atoms with van der Waals surface area (Å²) in [5.74, 6) is -0.163. The largest absolute Gasteiger partial charge is 0.508 e. The Kier molecular flexibility index (Phi) is 4.49. The van der Waals surface area contributed by atoms with Crippen molar-refractivity contribution in [3.63, 3.8) is 0 Å². The number of halogens is 1. The molecule has 1 aromatic rings. The van der Waals surface area contributed by atoms with Crippen LogP contribution in [0.3, 0.4) is 0 Å². The molecule has 0 bridgehead atoms. The second-order valence-corrected chi connectivity index (χ2v) is 5.44. The minimum atomic E-state index is -0.539. The fourth-order valence-electron chi connectivity index (χ4n) is 2.20. The first-order valence-electron chi connectivity index (χ1n) is 6.50. The molecule has 20 heavy (non-hydrogen) atoms. The van der Waals surface area contributed by atoms with Gasteiger partial charge >= 0.3 is 0 Å². The zero-order chi connectivity index (χ0) is 14.7. The molecule has 0 radical (unpaired) electrons. The summed E-state index contributed by atoms with van der Waals surface area (Å²) in [7, 11) is 0. The molecule has 108 valence electrons. The number of piperazine rings is 1. The number of nitrogens with zero attached hydrogens (tertiary/aromatic N) is 2.